The molecule has 1 aromatic carbocycles. The van der Waals surface area contributed by atoms with E-state index < -0.39 is 0 Å². The summed E-state index contributed by atoms with van der Waals surface area (Å²) in [5, 5.41) is 0. The predicted molar refractivity (Wildman–Crippen MR) is 52.5 cm³/mol. The number of carbonyl (C=O) groups excluding carboxylic acids is 1. The van der Waals surface area contributed by atoms with Crippen molar-refractivity contribution in [1.29, 1.82) is 0 Å². The Balaban J connectivity index is 2.59. The highest BCUT2D eigenvalue weighted by atomic mass is 79.9. The van der Waals surface area contributed by atoms with Gasteiger partial charge in [0.25, 0.3) is 0 Å². The molecule has 2 rings (SSSR count). The summed E-state index contributed by atoms with van der Waals surface area (Å²) in [5.74, 6) is 0.146. The Bertz CT molecular complexity index is 355. The van der Waals surface area contributed by atoms with Crippen molar-refractivity contribution in [3.05, 3.63) is 41.5 Å². The van der Waals surface area contributed by atoms with Crippen molar-refractivity contribution in [3.63, 3.8) is 0 Å². The molecule has 0 aromatic heterocycles. The highest BCUT2D eigenvalue weighted by molar-refractivity contribution is 9.10. The van der Waals surface area contributed by atoms with Gasteiger partial charge in [0.15, 0.2) is 5.78 Å². The molecule has 0 bridgehead atoms. The number of Topliss-reactive ketones (excluding diaryl/α,β-unsaturated/α-hetero) is 1. The molecule has 0 amide bonds. The molecule has 60 valence electrons. The molecule has 0 aliphatic heterocycles. The normalized spacial score (nSPS) is 20.8. The van der Waals surface area contributed by atoms with Crippen LogP contribution in [-0.4, -0.2) is 10.6 Å². The Morgan fingerprint density at radius 1 is 1.25 bits per heavy atom. The van der Waals surface area contributed by atoms with Crippen LogP contribution in [0.4, 0.5) is 0 Å². The largest absolute Gasteiger partial charge is 0.293 e. The summed E-state index contributed by atoms with van der Waals surface area (Å²) in [6, 6.07) is 7.62. The van der Waals surface area contributed by atoms with Crippen molar-refractivity contribution >= 4 is 27.8 Å². The first-order valence-corrected chi connectivity index (χ1v) is 4.66. The van der Waals surface area contributed by atoms with E-state index in [1.165, 1.54) is 0 Å². The minimum atomic E-state index is -0.146. The van der Waals surface area contributed by atoms with E-state index in [1.54, 1.807) is 0 Å². The van der Waals surface area contributed by atoms with Crippen molar-refractivity contribution < 1.29 is 4.79 Å². The van der Waals surface area contributed by atoms with Gasteiger partial charge in [0.05, 0.1) is 4.83 Å². The summed E-state index contributed by atoms with van der Waals surface area (Å²) in [5.41, 5.74) is 1.82. The van der Waals surface area contributed by atoms with E-state index in [0.29, 0.717) is 0 Å². The molecule has 1 atom stereocenters. The fraction of sp³-hybridized carbons (Fsp3) is 0.100. The number of halogens is 1. The fourth-order valence-electron chi connectivity index (χ4n) is 1.29. The third-order valence-corrected chi connectivity index (χ3v) is 2.64. The predicted octanol–water partition coefficient (Wildman–Crippen LogP) is 2.66. The van der Waals surface area contributed by atoms with E-state index in [-0.39, 0.29) is 10.6 Å². The Labute approximate surface area is 79.2 Å². The van der Waals surface area contributed by atoms with Crippen LogP contribution in [0.25, 0.3) is 6.08 Å². The topological polar surface area (TPSA) is 17.1 Å². The number of benzene rings is 1. The van der Waals surface area contributed by atoms with Crippen LogP contribution in [-0.2, 0) is 0 Å². The minimum Gasteiger partial charge on any atom is -0.293 e. The van der Waals surface area contributed by atoms with Crippen molar-refractivity contribution in [2.24, 2.45) is 0 Å². The van der Waals surface area contributed by atoms with Crippen LogP contribution in [0.1, 0.15) is 15.9 Å². The molecule has 0 N–H and O–H groups in total. The van der Waals surface area contributed by atoms with Gasteiger partial charge in [-0.25, -0.2) is 0 Å². The van der Waals surface area contributed by atoms with Crippen molar-refractivity contribution in [2.45, 2.75) is 4.83 Å². The lowest BCUT2D eigenvalue weighted by Crippen LogP contribution is -2.15. The smallest absolute Gasteiger partial charge is 0.180 e. The van der Waals surface area contributed by atoms with E-state index in [4.69, 9.17) is 0 Å². The second kappa shape index (κ2) is 2.87. The molecule has 1 nitrogen and oxygen atoms in total. The second-order valence-electron chi connectivity index (χ2n) is 2.71. The molecule has 1 aliphatic rings. The van der Waals surface area contributed by atoms with Gasteiger partial charge in [0.1, 0.15) is 0 Å². The van der Waals surface area contributed by atoms with Crippen LogP contribution < -0.4 is 0 Å². The molecule has 1 unspecified atom stereocenters. The Hall–Kier alpha value is -0.890. The van der Waals surface area contributed by atoms with Gasteiger partial charge in [0, 0.05) is 5.56 Å². The lowest BCUT2D eigenvalue weighted by molar-refractivity contribution is 0.100. The molecule has 0 heterocycles. The lowest BCUT2D eigenvalue weighted by atomic mass is 9.96. The Morgan fingerprint density at radius 3 is 2.83 bits per heavy atom. The van der Waals surface area contributed by atoms with Crippen LogP contribution in [0.2, 0.25) is 0 Å². The number of alkyl halides is 1. The first-order valence-electron chi connectivity index (χ1n) is 3.74. The van der Waals surface area contributed by atoms with E-state index in [2.05, 4.69) is 15.9 Å². The second-order valence-corrected chi connectivity index (χ2v) is 3.70. The molecule has 0 fully saturated rings. The number of hydrogen-bond acceptors (Lipinski definition) is 1. The molecule has 2 heteroatoms. The number of ketones is 1. The third kappa shape index (κ3) is 1.12. The third-order valence-electron chi connectivity index (χ3n) is 1.92. The fourth-order valence-corrected chi connectivity index (χ4v) is 1.69. The van der Waals surface area contributed by atoms with E-state index >= 15 is 0 Å². The zero-order valence-corrected chi connectivity index (χ0v) is 7.91. The van der Waals surface area contributed by atoms with Crippen LogP contribution in [0.15, 0.2) is 30.3 Å². The monoisotopic (exact) mass is 222 g/mol. The summed E-state index contributed by atoms with van der Waals surface area (Å²) in [4.78, 5) is 11.4. The maximum atomic E-state index is 11.5. The van der Waals surface area contributed by atoms with Crippen molar-refractivity contribution in [3.8, 4) is 0 Å². The van der Waals surface area contributed by atoms with Crippen LogP contribution in [0, 0.1) is 0 Å². The number of hydrogen-bond donors (Lipinski definition) is 0. The zero-order valence-electron chi connectivity index (χ0n) is 6.33. The number of fused-ring (bicyclic) bond motifs is 1. The van der Waals surface area contributed by atoms with E-state index in [9.17, 15) is 4.79 Å². The first kappa shape index (κ1) is 7.74. The minimum absolute atomic E-state index is 0.146. The quantitative estimate of drug-likeness (QED) is 0.618. The zero-order chi connectivity index (χ0) is 8.55. The van der Waals surface area contributed by atoms with Crippen molar-refractivity contribution in [2.75, 3.05) is 0 Å². The molecule has 0 spiro atoms. The summed E-state index contributed by atoms with van der Waals surface area (Å²) >= 11 is 3.29. The van der Waals surface area contributed by atoms with E-state index in [1.807, 2.05) is 36.4 Å². The van der Waals surface area contributed by atoms with E-state index in [0.717, 1.165) is 11.1 Å². The summed E-state index contributed by atoms with van der Waals surface area (Å²) in [6.45, 7) is 0. The van der Waals surface area contributed by atoms with Gasteiger partial charge in [-0.1, -0.05) is 52.3 Å². The van der Waals surface area contributed by atoms with Gasteiger partial charge in [-0.15, -0.1) is 0 Å². The van der Waals surface area contributed by atoms with Crippen molar-refractivity contribution in [1.82, 2.24) is 0 Å². The van der Waals surface area contributed by atoms with Gasteiger partial charge in [0.2, 0.25) is 0 Å². The number of rotatable bonds is 0. The number of carbonyl (C=O) groups is 1. The molecular formula is C10H7BrO. The highest BCUT2D eigenvalue weighted by Gasteiger charge is 2.19. The summed E-state index contributed by atoms with van der Waals surface area (Å²) < 4.78 is 0. The summed E-state index contributed by atoms with van der Waals surface area (Å²) in [6.07, 6.45) is 3.83. The molecule has 12 heavy (non-hydrogen) atoms. The van der Waals surface area contributed by atoms with Gasteiger partial charge in [-0.3, -0.25) is 4.79 Å². The molecule has 1 aliphatic carbocycles. The van der Waals surface area contributed by atoms with Gasteiger partial charge in [-0.05, 0) is 5.56 Å². The Kier molecular flexibility index (Phi) is 1.85. The molecule has 0 saturated carbocycles. The Morgan fingerprint density at radius 2 is 2.00 bits per heavy atom. The van der Waals surface area contributed by atoms with Gasteiger partial charge in [-0.2, -0.15) is 0 Å². The molecule has 1 aromatic rings. The lowest BCUT2D eigenvalue weighted by Gasteiger charge is -2.12. The van der Waals surface area contributed by atoms with Crippen LogP contribution in [0.3, 0.4) is 0 Å². The summed E-state index contributed by atoms with van der Waals surface area (Å²) in [7, 11) is 0. The molecule has 0 saturated heterocycles. The first-order chi connectivity index (χ1) is 5.79. The van der Waals surface area contributed by atoms with Crippen LogP contribution in [0.5, 0.6) is 0 Å². The van der Waals surface area contributed by atoms with Gasteiger partial charge < -0.3 is 0 Å². The maximum absolute atomic E-state index is 11.5. The van der Waals surface area contributed by atoms with Gasteiger partial charge >= 0.3 is 0 Å². The average Bonchev–Trinajstić information content (AvgIpc) is 2.12. The number of allylic oxidation sites excluding steroid dienone is 1. The molecule has 0 radical (unpaired) electrons. The highest BCUT2D eigenvalue weighted by Crippen LogP contribution is 2.22. The average molecular weight is 223 g/mol. The SMILES string of the molecule is O=C1c2ccccc2C=CC1Br. The maximum Gasteiger partial charge on any atom is 0.180 e. The standard InChI is InChI=1S/C10H7BrO/c11-9-6-5-7-3-1-2-4-8(7)10(9)12/h1-6,9H. The molecular weight excluding hydrogens is 216 g/mol. The van der Waals surface area contributed by atoms with Crippen LogP contribution >= 0.6 is 15.9 Å².